The van der Waals surface area contributed by atoms with Gasteiger partial charge in [-0.05, 0) is 47.1 Å². The molecular formula is C19H23FO. The smallest absolute Gasteiger partial charge is 0.126 e. The fraction of sp³-hybridized carbons (Fsp3) is 0.368. The Bertz CT molecular complexity index is 614. The lowest BCUT2D eigenvalue weighted by atomic mass is 9.81. The summed E-state index contributed by atoms with van der Waals surface area (Å²) in [5.41, 5.74) is 3.50. The van der Waals surface area contributed by atoms with Crippen molar-refractivity contribution in [2.24, 2.45) is 0 Å². The molecule has 1 nitrogen and oxygen atoms in total. The molecule has 0 saturated carbocycles. The van der Waals surface area contributed by atoms with Gasteiger partial charge < -0.3 is 5.11 Å². The summed E-state index contributed by atoms with van der Waals surface area (Å²) in [5.74, 6) is -0.244. The van der Waals surface area contributed by atoms with E-state index in [-0.39, 0.29) is 11.2 Å². The molecule has 0 spiro atoms. The summed E-state index contributed by atoms with van der Waals surface area (Å²) in [6.45, 7) is 8.30. The summed E-state index contributed by atoms with van der Waals surface area (Å²) < 4.78 is 13.3. The highest BCUT2D eigenvalue weighted by molar-refractivity contribution is 5.35. The molecule has 2 aromatic carbocycles. The van der Waals surface area contributed by atoms with E-state index in [4.69, 9.17) is 0 Å². The topological polar surface area (TPSA) is 20.2 Å². The Hall–Kier alpha value is -1.67. The molecule has 2 aromatic rings. The molecule has 1 N–H and O–H groups in total. The van der Waals surface area contributed by atoms with E-state index in [1.54, 1.807) is 19.1 Å². The van der Waals surface area contributed by atoms with Gasteiger partial charge in [0.2, 0.25) is 0 Å². The highest BCUT2D eigenvalue weighted by Crippen LogP contribution is 2.29. The maximum atomic E-state index is 13.3. The lowest BCUT2D eigenvalue weighted by Gasteiger charge is -2.24. The highest BCUT2D eigenvalue weighted by Gasteiger charge is 2.18. The lowest BCUT2D eigenvalue weighted by Crippen LogP contribution is -2.15. The largest absolute Gasteiger partial charge is 0.384 e. The molecule has 0 amide bonds. The Kier molecular flexibility index (Phi) is 4.48. The van der Waals surface area contributed by atoms with E-state index in [1.807, 2.05) is 12.1 Å². The summed E-state index contributed by atoms with van der Waals surface area (Å²) in [7, 11) is 0. The fourth-order valence-corrected chi connectivity index (χ4v) is 2.35. The summed E-state index contributed by atoms with van der Waals surface area (Å²) >= 11 is 0. The first-order valence-electron chi connectivity index (χ1n) is 7.39. The maximum Gasteiger partial charge on any atom is 0.126 e. The first kappa shape index (κ1) is 15.7. The zero-order valence-electron chi connectivity index (χ0n) is 13.2. The van der Waals surface area contributed by atoms with Crippen molar-refractivity contribution in [3.05, 3.63) is 70.5 Å². The van der Waals surface area contributed by atoms with Crippen LogP contribution < -0.4 is 0 Å². The number of aliphatic hydroxyl groups excluding tert-OH is 1. The molecule has 0 aliphatic carbocycles. The minimum atomic E-state index is -0.719. The second-order valence-corrected chi connectivity index (χ2v) is 6.27. The van der Waals surface area contributed by atoms with E-state index in [9.17, 15) is 9.50 Å². The summed E-state index contributed by atoms with van der Waals surface area (Å²) in [6, 6.07) is 12.8. The molecule has 112 valence electrons. The van der Waals surface area contributed by atoms with Gasteiger partial charge in [0.05, 0.1) is 0 Å². The average Bonchev–Trinajstić information content (AvgIpc) is 2.49. The van der Waals surface area contributed by atoms with E-state index < -0.39 is 6.10 Å². The first-order chi connectivity index (χ1) is 9.85. The first-order valence-corrected chi connectivity index (χ1v) is 7.39. The number of hydrogen-bond acceptors (Lipinski definition) is 1. The SMILES string of the molecule is CCC(C)(C)c1ccc(C(O)c2ccc(F)c(C)c2)cc1. The van der Waals surface area contributed by atoms with Crippen molar-refractivity contribution < 1.29 is 9.50 Å². The second-order valence-electron chi connectivity index (χ2n) is 6.27. The van der Waals surface area contributed by atoms with Crippen LogP contribution in [-0.4, -0.2) is 5.11 Å². The van der Waals surface area contributed by atoms with Gasteiger partial charge in [-0.2, -0.15) is 0 Å². The Morgan fingerprint density at radius 3 is 2.14 bits per heavy atom. The van der Waals surface area contributed by atoms with Crippen LogP contribution in [0.4, 0.5) is 4.39 Å². The van der Waals surface area contributed by atoms with Crippen LogP contribution in [0.5, 0.6) is 0 Å². The van der Waals surface area contributed by atoms with Gasteiger partial charge >= 0.3 is 0 Å². The van der Waals surface area contributed by atoms with Crippen LogP contribution in [0, 0.1) is 12.7 Å². The van der Waals surface area contributed by atoms with E-state index in [1.165, 1.54) is 11.6 Å². The van der Waals surface area contributed by atoms with E-state index >= 15 is 0 Å². The van der Waals surface area contributed by atoms with E-state index in [2.05, 4.69) is 32.9 Å². The molecule has 0 fully saturated rings. The van der Waals surface area contributed by atoms with Crippen LogP contribution in [0.25, 0.3) is 0 Å². The maximum absolute atomic E-state index is 13.3. The molecule has 0 aliphatic heterocycles. The summed E-state index contributed by atoms with van der Waals surface area (Å²) in [6.07, 6.45) is 0.342. The zero-order chi connectivity index (χ0) is 15.6. The number of aliphatic hydroxyl groups is 1. The van der Waals surface area contributed by atoms with Crippen LogP contribution in [0.2, 0.25) is 0 Å². The third-order valence-corrected chi connectivity index (χ3v) is 4.39. The van der Waals surface area contributed by atoms with Gasteiger partial charge in [0.15, 0.2) is 0 Å². The monoisotopic (exact) mass is 286 g/mol. The van der Waals surface area contributed by atoms with Crippen molar-refractivity contribution in [1.29, 1.82) is 0 Å². The van der Waals surface area contributed by atoms with Gasteiger partial charge in [0, 0.05) is 0 Å². The molecule has 1 unspecified atom stereocenters. The summed E-state index contributed by atoms with van der Waals surface area (Å²) in [4.78, 5) is 0. The predicted molar refractivity (Wildman–Crippen MR) is 85.0 cm³/mol. The second kappa shape index (κ2) is 5.98. The van der Waals surface area contributed by atoms with E-state index in [0.717, 1.165) is 17.5 Å². The van der Waals surface area contributed by atoms with Gasteiger partial charge in [-0.15, -0.1) is 0 Å². The minimum absolute atomic E-state index is 0.135. The quantitative estimate of drug-likeness (QED) is 0.847. The molecule has 0 aliphatic rings. The normalized spacial score (nSPS) is 13.2. The van der Waals surface area contributed by atoms with Crippen LogP contribution in [-0.2, 0) is 5.41 Å². The van der Waals surface area contributed by atoms with Crippen molar-refractivity contribution in [1.82, 2.24) is 0 Å². The van der Waals surface area contributed by atoms with Gasteiger partial charge in [0.25, 0.3) is 0 Å². The Morgan fingerprint density at radius 1 is 1.05 bits per heavy atom. The summed E-state index contributed by atoms with van der Waals surface area (Å²) in [5, 5.41) is 10.4. The van der Waals surface area contributed by atoms with Crippen LogP contribution in [0.3, 0.4) is 0 Å². The lowest BCUT2D eigenvalue weighted by molar-refractivity contribution is 0.220. The van der Waals surface area contributed by atoms with Gasteiger partial charge in [-0.25, -0.2) is 4.39 Å². The number of rotatable bonds is 4. The minimum Gasteiger partial charge on any atom is -0.384 e. The molecule has 21 heavy (non-hydrogen) atoms. The zero-order valence-corrected chi connectivity index (χ0v) is 13.2. The molecular weight excluding hydrogens is 263 g/mol. The highest BCUT2D eigenvalue weighted by atomic mass is 19.1. The Morgan fingerprint density at radius 2 is 1.62 bits per heavy atom. The van der Waals surface area contributed by atoms with Gasteiger partial charge in [-0.3, -0.25) is 0 Å². The van der Waals surface area contributed by atoms with Crippen molar-refractivity contribution in [2.75, 3.05) is 0 Å². The molecule has 0 aromatic heterocycles. The van der Waals surface area contributed by atoms with E-state index in [0.29, 0.717) is 5.56 Å². The van der Waals surface area contributed by atoms with Gasteiger partial charge in [0.1, 0.15) is 11.9 Å². The van der Waals surface area contributed by atoms with Crippen LogP contribution >= 0.6 is 0 Å². The number of halogens is 1. The standard InChI is InChI=1S/C19H23FO/c1-5-19(3,4)16-9-6-14(7-10-16)18(21)15-8-11-17(20)13(2)12-15/h6-12,18,21H,5H2,1-4H3. The van der Waals surface area contributed by atoms with Crippen molar-refractivity contribution in [3.8, 4) is 0 Å². The van der Waals surface area contributed by atoms with Crippen molar-refractivity contribution in [2.45, 2.75) is 45.6 Å². The van der Waals surface area contributed by atoms with Crippen molar-refractivity contribution >= 4 is 0 Å². The molecule has 0 heterocycles. The molecule has 2 rings (SSSR count). The predicted octanol–water partition coefficient (Wildman–Crippen LogP) is 4.90. The van der Waals surface area contributed by atoms with Crippen molar-refractivity contribution in [3.63, 3.8) is 0 Å². The number of benzene rings is 2. The molecule has 2 heteroatoms. The Balaban J connectivity index is 2.27. The van der Waals surface area contributed by atoms with Crippen LogP contribution in [0.1, 0.15) is 55.5 Å². The Labute approximate surface area is 126 Å². The number of hydrogen-bond donors (Lipinski definition) is 1. The molecule has 0 saturated heterocycles. The third kappa shape index (κ3) is 3.33. The number of aryl methyl sites for hydroxylation is 1. The third-order valence-electron chi connectivity index (χ3n) is 4.39. The fourth-order valence-electron chi connectivity index (χ4n) is 2.35. The van der Waals surface area contributed by atoms with Gasteiger partial charge in [-0.1, -0.05) is 57.2 Å². The average molecular weight is 286 g/mol. The van der Waals surface area contributed by atoms with Crippen LogP contribution in [0.15, 0.2) is 42.5 Å². The molecule has 0 bridgehead atoms. The molecule has 1 atom stereocenters. The molecule has 0 radical (unpaired) electrons.